The Morgan fingerprint density at radius 1 is 1.06 bits per heavy atom. The van der Waals surface area contributed by atoms with Gasteiger partial charge in [-0.2, -0.15) is 0 Å². The molecular formula is C23H20N4O4. The predicted molar refractivity (Wildman–Crippen MR) is 116 cm³/mol. The molecule has 0 aliphatic rings. The van der Waals surface area contributed by atoms with Gasteiger partial charge in [-0.25, -0.2) is 4.79 Å². The van der Waals surface area contributed by atoms with Crippen LogP contribution in [0, 0.1) is 0 Å². The number of aromatic nitrogens is 3. The molecule has 1 amide bonds. The van der Waals surface area contributed by atoms with E-state index in [2.05, 4.69) is 20.3 Å². The zero-order valence-corrected chi connectivity index (χ0v) is 16.8. The fourth-order valence-electron chi connectivity index (χ4n) is 3.19. The summed E-state index contributed by atoms with van der Waals surface area (Å²) in [7, 11) is 0. The maximum Gasteiger partial charge on any atom is 0.354 e. The van der Waals surface area contributed by atoms with E-state index in [-0.39, 0.29) is 23.7 Å². The van der Waals surface area contributed by atoms with Crippen LogP contribution in [-0.4, -0.2) is 33.4 Å². The maximum absolute atomic E-state index is 12.5. The second kappa shape index (κ2) is 8.66. The monoisotopic (exact) mass is 416 g/mol. The van der Waals surface area contributed by atoms with Gasteiger partial charge >= 0.3 is 5.97 Å². The highest BCUT2D eigenvalue weighted by molar-refractivity contribution is 5.97. The Morgan fingerprint density at radius 3 is 2.68 bits per heavy atom. The van der Waals surface area contributed by atoms with E-state index in [9.17, 15) is 14.4 Å². The molecule has 0 saturated carbocycles. The highest BCUT2D eigenvalue weighted by Crippen LogP contribution is 2.25. The first-order valence-electron chi connectivity index (χ1n) is 9.75. The van der Waals surface area contributed by atoms with Crippen LogP contribution in [0.1, 0.15) is 33.5 Å². The van der Waals surface area contributed by atoms with Crippen LogP contribution >= 0.6 is 0 Å². The maximum atomic E-state index is 12.5. The van der Waals surface area contributed by atoms with Crippen LogP contribution in [0.2, 0.25) is 0 Å². The van der Waals surface area contributed by atoms with Crippen molar-refractivity contribution in [1.82, 2.24) is 20.3 Å². The molecule has 0 saturated heterocycles. The van der Waals surface area contributed by atoms with Gasteiger partial charge in [-0.15, -0.1) is 0 Å². The average Bonchev–Trinajstić information content (AvgIpc) is 3.22. The van der Waals surface area contributed by atoms with Gasteiger partial charge in [-0.1, -0.05) is 12.1 Å². The first kappa shape index (κ1) is 20.1. The highest BCUT2D eigenvalue weighted by Gasteiger charge is 2.12. The van der Waals surface area contributed by atoms with Crippen LogP contribution < -0.4 is 10.9 Å². The number of carbonyl (C=O) groups excluding carboxylic acids is 2. The summed E-state index contributed by atoms with van der Waals surface area (Å²) in [5, 5.41) is 3.65. The zero-order chi connectivity index (χ0) is 21.8. The topological polar surface area (TPSA) is 117 Å². The van der Waals surface area contributed by atoms with Crippen LogP contribution in [0.15, 0.2) is 65.7 Å². The number of pyridine rings is 2. The van der Waals surface area contributed by atoms with Crippen molar-refractivity contribution < 1.29 is 14.3 Å². The second-order valence-electron chi connectivity index (χ2n) is 6.88. The van der Waals surface area contributed by atoms with Gasteiger partial charge in [0.2, 0.25) is 5.56 Å². The van der Waals surface area contributed by atoms with Crippen LogP contribution in [0.3, 0.4) is 0 Å². The number of nitrogens with zero attached hydrogens (tertiary/aromatic N) is 1. The summed E-state index contributed by atoms with van der Waals surface area (Å²) in [6.07, 6.45) is 3.14. The van der Waals surface area contributed by atoms with E-state index in [0.717, 1.165) is 27.6 Å². The molecule has 3 N–H and O–H groups in total. The number of nitrogens with one attached hydrogen (secondary N) is 3. The van der Waals surface area contributed by atoms with Crippen molar-refractivity contribution in [2.45, 2.75) is 13.5 Å². The molecule has 31 heavy (non-hydrogen) atoms. The zero-order valence-electron chi connectivity index (χ0n) is 16.8. The fraction of sp³-hybridized carbons (Fsp3) is 0.130. The third-order valence-electron chi connectivity index (χ3n) is 4.74. The molecular weight excluding hydrogens is 396 g/mol. The molecule has 0 unspecified atom stereocenters. The Balaban J connectivity index is 1.53. The minimum Gasteiger partial charge on any atom is -0.461 e. The Bertz CT molecular complexity index is 1300. The summed E-state index contributed by atoms with van der Waals surface area (Å²) >= 11 is 0. The molecule has 0 atom stereocenters. The normalized spacial score (nSPS) is 10.7. The summed E-state index contributed by atoms with van der Waals surface area (Å²) in [4.78, 5) is 45.4. The molecule has 8 heteroatoms. The number of hydrogen-bond acceptors (Lipinski definition) is 5. The molecule has 4 rings (SSSR count). The van der Waals surface area contributed by atoms with Crippen LogP contribution in [0.5, 0.6) is 0 Å². The minimum atomic E-state index is -0.398. The molecule has 0 bridgehead atoms. The minimum absolute atomic E-state index is 0.196. The molecule has 3 heterocycles. The summed E-state index contributed by atoms with van der Waals surface area (Å²) in [5.41, 5.74) is 3.79. The predicted octanol–water partition coefficient (Wildman–Crippen LogP) is 3.02. The number of rotatable bonds is 6. The number of esters is 1. The van der Waals surface area contributed by atoms with Gasteiger partial charge in [-0.3, -0.25) is 14.6 Å². The number of aromatic amines is 2. The molecule has 8 nitrogen and oxygen atoms in total. The average molecular weight is 416 g/mol. The SMILES string of the molecule is CCOC(=O)c1cc2cc(-c3ccnc(C(=O)NCc4ccc(=O)[nH]c4)c3)ccc2[nH]1. The van der Waals surface area contributed by atoms with Crippen molar-refractivity contribution >= 4 is 22.8 Å². The van der Waals surface area contributed by atoms with Gasteiger partial charge in [0.15, 0.2) is 0 Å². The van der Waals surface area contributed by atoms with Crippen molar-refractivity contribution in [2.75, 3.05) is 6.61 Å². The first-order chi connectivity index (χ1) is 15.0. The molecule has 0 radical (unpaired) electrons. The molecule has 0 spiro atoms. The Hall–Kier alpha value is -4.20. The lowest BCUT2D eigenvalue weighted by Gasteiger charge is -2.07. The van der Waals surface area contributed by atoms with Crippen LogP contribution in [0.4, 0.5) is 0 Å². The van der Waals surface area contributed by atoms with Crippen molar-refractivity contribution in [2.24, 2.45) is 0 Å². The van der Waals surface area contributed by atoms with E-state index in [1.54, 1.807) is 37.5 Å². The first-order valence-corrected chi connectivity index (χ1v) is 9.75. The number of benzene rings is 1. The summed E-state index contributed by atoms with van der Waals surface area (Å²) < 4.78 is 5.03. The number of ether oxygens (including phenoxy) is 1. The fourth-order valence-corrected chi connectivity index (χ4v) is 3.19. The molecule has 0 fully saturated rings. The number of amides is 1. The smallest absolute Gasteiger partial charge is 0.354 e. The third kappa shape index (κ3) is 4.53. The lowest BCUT2D eigenvalue weighted by molar-refractivity contribution is 0.0520. The Morgan fingerprint density at radius 2 is 1.90 bits per heavy atom. The molecule has 156 valence electrons. The third-order valence-corrected chi connectivity index (χ3v) is 4.74. The van der Waals surface area contributed by atoms with Gasteiger partial charge < -0.3 is 20.0 Å². The Labute approximate surface area is 177 Å². The largest absolute Gasteiger partial charge is 0.461 e. The van der Waals surface area contributed by atoms with Crippen LogP contribution in [-0.2, 0) is 11.3 Å². The van der Waals surface area contributed by atoms with E-state index < -0.39 is 5.97 Å². The van der Waals surface area contributed by atoms with E-state index in [1.807, 2.05) is 24.3 Å². The summed E-state index contributed by atoms with van der Waals surface area (Å²) in [6.45, 7) is 2.34. The molecule has 0 aliphatic carbocycles. The van der Waals surface area contributed by atoms with E-state index in [1.165, 1.54) is 6.07 Å². The van der Waals surface area contributed by atoms with Crippen molar-refractivity contribution in [3.05, 3.63) is 88.2 Å². The van der Waals surface area contributed by atoms with Crippen molar-refractivity contribution in [1.29, 1.82) is 0 Å². The lowest BCUT2D eigenvalue weighted by Crippen LogP contribution is -2.24. The van der Waals surface area contributed by atoms with Gasteiger partial charge in [0.1, 0.15) is 11.4 Å². The van der Waals surface area contributed by atoms with Crippen molar-refractivity contribution in [3.63, 3.8) is 0 Å². The van der Waals surface area contributed by atoms with Crippen molar-refractivity contribution in [3.8, 4) is 11.1 Å². The molecule has 0 aliphatic heterocycles. The van der Waals surface area contributed by atoms with Gasteiger partial charge in [0.25, 0.3) is 5.91 Å². The van der Waals surface area contributed by atoms with E-state index in [0.29, 0.717) is 12.3 Å². The molecule has 1 aromatic carbocycles. The van der Waals surface area contributed by atoms with E-state index >= 15 is 0 Å². The lowest BCUT2D eigenvalue weighted by atomic mass is 10.0. The Kier molecular flexibility index (Phi) is 5.61. The number of carbonyl (C=O) groups is 2. The number of hydrogen-bond donors (Lipinski definition) is 3. The van der Waals surface area contributed by atoms with Gasteiger partial charge in [0.05, 0.1) is 6.61 Å². The molecule has 4 aromatic rings. The van der Waals surface area contributed by atoms with E-state index in [4.69, 9.17) is 4.74 Å². The second-order valence-corrected chi connectivity index (χ2v) is 6.88. The number of H-pyrrole nitrogens is 2. The summed E-state index contributed by atoms with van der Waals surface area (Å²) in [6, 6.07) is 14.1. The standard InChI is InChI=1S/C23H20N4O4/c1-2-31-23(30)20-11-17-9-15(4-5-18(17)27-20)16-7-8-24-19(10-16)22(29)26-13-14-3-6-21(28)25-12-14/h3-12,27H,2,13H2,1H3,(H,25,28)(H,26,29). The molecule has 3 aromatic heterocycles. The highest BCUT2D eigenvalue weighted by atomic mass is 16.5. The summed E-state index contributed by atoms with van der Waals surface area (Å²) in [5.74, 6) is -0.717. The van der Waals surface area contributed by atoms with Gasteiger partial charge in [-0.05, 0) is 53.9 Å². The number of fused-ring (bicyclic) bond motifs is 1. The quantitative estimate of drug-likeness (QED) is 0.418. The van der Waals surface area contributed by atoms with Gasteiger partial charge in [0, 0.05) is 35.9 Å². The van der Waals surface area contributed by atoms with Crippen LogP contribution in [0.25, 0.3) is 22.0 Å².